The van der Waals surface area contributed by atoms with Crippen molar-refractivity contribution in [2.75, 3.05) is 44.2 Å². The Morgan fingerprint density at radius 3 is 2.85 bits per heavy atom. The molecule has 1 aliphatic rings. The van der Waals surface area contributed by atoms with Gasteiger partial charge in [-0.25, -0.2) is 9.78 Å². The number of hydrogen-bond acceptors (Lipinski definition) is 6. The minimum absolute atomic E-state index is 0.00909. The van der Waals surface area contributed by atoms with Crippen LogP contribution in [-0.4, -0.2) is 65.0 Å². The summed E-state index contributed by atoms with van der Waals surface area (Å²) in [7, 11) is 0. The van der Waals surface area contributed by atoms with Gasteiger partial charge in [-0.1, -0.05) is 13.0 Å². The second kappa shape index (κ2) is 8.37. The molecular formula is C18H27N5O3. The number of imidazole rings is 1. The van der Waals surface area contributed by atoms with Crippen LogP contribution < -0.4 is 15.4 Å². The van der Waals surface area contributed by atoms with Crippen LogP contribution in [0, 0.1) is 0 Å². The van der Waals surface area contributed by atoms with Crippen LogP contribution in [0.5, 0.6) is 5.75 Å². The van der Waals surface area contributed by atoms with Gasteiger partial charge < -0.3 is 29.9 Å². The van der Waals surface area contributed by atoms with Crippen LogP contribution in [0.3, 0.4) is 0 Å². The summed E-state index contributed by atoms with van der Waals surface area (Å²) in [6.07, 6.45) is 1.35. The fourth-order valence-electron chi connectivity index (χ4n) is 3.57. The number of aliphatic hydroxyl groups is 1. The van der Waals surface area contributed by atoms with Crippen molar-refractivity contribution in [1.29, 1.82) is 0 Å². The fraction of sp³-hybridized carbons (Fsp3) is 0.556. The molecule has 2 aromatic rings. The lowest BCUT2D eigenvalue weighted by molar-refractivity contribution is 0.211. The van der Waals surface area contributed by atoms with Crippen molar-refractivity contribution in [2.45, 2.75) is 26.3 Å². The average molecular weight is 361 g/mol. The van der Waals surface area contributed by atoms with E-state index in [2.05, 4.69) is 16.7 Å². The number of nitrogens with two attached hydrogens (primary N) is 1. The number of primary amides is 1. The quantitative estimate of drug-likeness (QED) is 0.807. The molecule has 1 aromatic heterocycles. The number of aliphatic hydroxyl groups excluding tert-OH is 1. The van der Waals surface area contributed by atoms with Gasteiger partial charge in [-0.3, -0.25) is 0 Å². The highest BCUT2D eigenvalue weighted by Crippen LogP contribution is 2.30. The van der Waals surface area contributed by atoms with Gasteiger partial charge in [0.25, 0.3) is 0 Å². The van der Waals surface area contributed by atoms with E-state index in [4.69, 9.17) is 15.5 Å². The van der Waals surface area contributed by atoms with Crippen molar-refractivity contribution < 1.29 is 14.6 Å². The second-order valence-corrected chi connectivity index (χ2v) is 6.51. The third kappa shape index (κ3) is 3.91. The average Bonchev–Trinajstić information content (AvgIpc) is 2.81. The molecule has 8 heteroatoms. The van der Waals surface area contributed by atoms with Gasteiger partial charge in [0.15, 0.2) is 5.75 Å². The van der Waals surface area contributed by atoms with E-state index in [1.807, 2.05) is 10.6 Å². The third-order valence-electron chi connectivity index (χ3n) is 4.67. The van der Waals surface area contributed by atoms with Crippen LogP contribution in [-0.2, 0) is 6.54 Å². The number of fused-ring (bicyclic) bond motifs is 1. The van der Waals surface area contributed by atoms with Gasteiger partial charge >= 0.3 is 6.09 Å². The summed E-state index contributed by atoms with van der Waals surface area (Å²) in [6.45, 7) is 7.60. The van der Waals surface area contributed by atoms with Gasteiger partial charge in [0.05, 0.1) is 12.1 Å². The first kappa shape index (κ1) is 18.5. The Morgan fingerprint density at radius 2 is 2.12 bits per heavy atom. The zero-order valence-electron chi connectivity index (χ0n) is 15.2. The molecule has 2 heterocycles. The standard InChI is InChI=1S/C18H27N5O3/c1-2-7-21-8-4-9-22(11-10-21)18-20-16-14(23(18)12-13-24)5-3-6-15(16)26-17(19)25/h3,5-6,24H,2,4,7-13H2,1H3,(H2,19,25). The Bertz CT molecular complexity index is 761. The lowest BCUT2D eigenvalue weighted by Crippen LogP contribution is -2.32. The Kier molecular flexibility index (Phi) is 5.95. The van der Waals surface area contributed by atoms with E-state index in [0.717, 1.165) is 57.0 Å². The molecule has 8 nitrogen and oxygen atoms in total. The zero-order chi connectivity index (χ0) is 18.5. The van der Waals surface area contributed by atoms with Crippen LogP contribution in [0.1, 0.15) is 19.8 Å². The number of ether oxygens (including phenoxy) is 1. The normalized spacial score (nSPS) is 16.0. The van der Waals surface area contributed by atoms with E-state index in [9.17, 15) is 9.90 Å². The molecular weight excluding hydrogens is 334 g/mol. The van der Waals surface area contributed by atoms with Gasteiger partial charge in [0, 0.05) is 26.2 Å². The number of hydrogen-bond donors (Lipinski definition) is 2. The van der Waals surface area contributed by atoms with E-state index in [-0.39, 0.29) is 6.61 Å². The Balaban J connectivity index is 1.96. The van der Waals surface area contributed by atoms with Crippen molar-refractivity contribution in [1.82, 2.24) is 14.5 Å². The third-order valence-corrected chi connectivity index (χ3v) is 4.67. The number of nitrogens with zero attached hydrogens (tertiary/aromatic N) is 4. The van der Waals surface area contributed by atoms with Gasteiger partial charge in [0.2, 0.25) is 5.95 Å². The molecule has 3 rings (SSSR count). The van der Waals surface area contributed by atoms with Crippen LogP contribution >= 0.6 is 0 Å². The number of anilines is 1. The summed E-state index contributed by atoms with van der Waals surface area (Å²) in [6, 6.07) is 5.39. The largest absolute Gasteiger partial charge is 0.410 e. The molecule has 0 atom stereocenters. The molecule has 3 N–H and O–H groups in total. The second-order valence-electron chi connectivity index (χ2n) is 6.51. The predicted octanol–water partition coefficient (Wildman–Crippen LogP) is 1.41. The van der Waals surface area contributed by atoms with Gasteiger partial charge in [-0.15, -0.1) is 0 Å². The highest BCUT2D eigenvalue weighted by Gasteiger charge is 2.22. The minimum atomic E-state index is -0.860. The van der Waals surface area contributed by atoms with Crippen LogP contribution in [0.15, 0.2) is 18.2 Å². The summed E-state index contributed by atoms with van der Waals surface area (Å²) in [5.74, 6) is 1.14. The van der Waals surface area contributed by atoms with E-state index >= 15 is 0 Å². The SMILES string of the molecule is CCCN1CCCN(c2nc3c(OC(N)=O)cccc3n2CCO)CC1. The smallest absolute Gasteiger partial charge is 0.408 e. The van der Waals surface area contributed by atoms with Crippen molar-refractivity contribution in [2.24, 2.45) is 5.73 Å². The molecule has 0 radical (unpaired) electrons. The van der Waals surface area contributed by atoms with Crippen molar-refractivity contribution in [3.63, 3.8) is 0 Å². The number of para-hydroxylation sites is 1. The fourth-order valence-corrected chi connectivity index (χ4v) is 3.57. The maximum Gasteiger partial charge on any atom is 0.410 e. The summed E-state index contributed by atoms with van der Waals surface area (Å²) in [5.41, 5.74) is 6.58. The highest BCUT2D eigenvalue weighted by atomic mass is 16.5. The number of aromatic nitrogens is 2. The molecule has 0 bridgehead atoms. The molecule has 142 valence electrons. The lowest BCUT2D eigenvalue weighted by atomic mass is 10.3. The first-order valence-corrected chi connectivity index (χ1v) is 9.18. The monoisotopic (exact) mass is 361 g/mol. The molecule has 1 aromatic carbocycles. The Hall–Kier alpha value is -2.32. The molecule has 0 saturated carbocycles. The molecule has 1 aliphatic heterocycles. The Morgan fingerprint density at radius 1 is 1.27 bits per heavy atom. The maximum atomic E-state index is 11.2. The number of carbonyl (C=O) groups is 1. The Labute approximate surface area is 153 Å². The number of rotatable bonds is 6. The van der Waals surface area contributed by atoms with Crippen molar-refractivity contribution in [3.8, 4) is 5.75 Å². The minimum Gasteiger partial charge on any atom is -0.408 e. The number of amides is 1. The van der Waals surface area contributed by atoms with Crippen molar-refractivity contribution in [3.05, 3.63) is 18.2 Å². The van der Waals surface area contributed by atoms with Gasteiger partial charge in [-0.2, -0.15) is 0 Å². The van der Waals surface area contributed by atoms with Gasteiger partial charge in [-0.05, 0) is 38.1 Å². The maximum absolute atomic E-state index is 11.2. The lowest BCUT2D eigenvalue weighted by Gasteiger charge is -2.23. The topological polar surface area (TPSA) is 96.9 Å². The molecule has 1 fully saturated rings. The molecule has 0 spiro atoms. The summed E-state index contributed by atoms with van der Waals surface area (Å²) < 4.78 is 7.09. The summed E-state index contributed by atoms with van der Waals surface area (Å²) >= 11 is 0. The molecule has 1 amide bonds. The highest BCUT2D eigenvalue weighted by molar-refractivity contribution is 5.87. The first-order chi connectivity index (χ1) is 12.6. The van der Waals surface area contributed by atoms with E-state index < -0.39 is 6.09 Å². The number of carbonyl (C=O) groups excluding carboxylic acids is 1. The summed E-state index contributed by atoms with van der Waals surface area (Å²) in [4.78, 5) is 20.7. The molecule has 0 unspecified atom stereocenters. The van der Waals surface area contributed by atoms with Crippen LogP contribution in [0.2, 0.25) is 0 Å². The van der Waals surface area contributed by atoms with E-state index in [0.29, 0.717) is 17.8 Å². The van der Waals surface area contributed by atoms with Gasteiger partial charge in [0.1, 0.15) is 5.52 Å². The summed E-state index contributed by atoms with van der Waals surface area (Å²) in [5, 5.41) is 9.52. The molecule has 26 heavy (non-hydrogen) atoms. The van der Waals surface area contributed by atoms with E-state index in [1.165, 1.54) is 0 Å². The van der Waals surface area contributed by atoms with Crippen LogP contribution in [0.25, 0.3) is 11.0 Å². The van der Waals surface area contributed by atoms with E-state index in [1.54, 1.807) is 12.1 Å². The zero-order valence-corrected chi connectivity index (χ0v) is 15.2. The first-order valence-electron chi connectivity index (χ1n) is 9.18. The number of benzene rings is 1. The van der Waals surface area contributed by atoms with Crippen LogP contribution in [0.4, 0.5) is 10.7 Å². The molecule has 1 saturated heterocycles. The molecule has 0 aliphatic carbocycles. The predicted molar refractivity (Wildman–Crippen MR) is 101 cm³/mol. The van der Waals surface area contributed by atoms with Crippen molar-refractivity contribution >= 4 is 23.1 Å².